The number of carbonyl (C=O) groups is 1. The number of aryl methyl sites for hydroxylation is 1. The molecule has 25 heavy (non-hydrogen) atoms. The topological polar surface area (TPSA) is 85.2 Å². The van der Waals surface area contributed by atoms with Gasteiger partial charge in [-0.15, -0.1) is 0 Å². The minimum absolute atomic E-state index is 0.167. The van der Waals surface area contributed by atoms with Crippen LogP contribution in [-0.4, -0.2) is 24.1 Å². The van der Waals surface area contributed by atoms with Gasteiger partial charge in [-0.25, -0.2) is 8.42 Å². The molecule has 0 bridgehead atoms. The van der Waals surface area contributed by atoms with Crippen molar-refractivity contribution < 1.29 is 13.2 Å². The second kappa shape index (κ2) is 6.84. The number of amides is 1. The summed E-state index contributed by atoms with van der Waals surface area (Å²) in [6.45, 7) is 0. The number of nitrogens with one attached hydrogen (secondary N) is 1. The molecule has 132 valence electrons. The fraction of sp³-hybridized carbons (Fsp3) is 0.333. The van der Waals surface area contributed by atoms with E-state index in [4.69, 9.17) is 0 Å². The van der Waals surface area contributed by atoms with Gasteiger partial charge in [0.1, 0.15) is 0 Å². The van der Waals surface area contributed by atoms with E-state index in [0.717, 1.165) is 12.8 Å². The number of benzene rings is 1. The zero-order valence-corrected chi connectivity index (χ0v) is 14.8. The van der Waals surface area contributed by atoms with Crippen molar-refractivity contribution in [2.24, 2.45) is 7.05 Å². The molecule has 1 aliphatic rings. The van der Waals surface area contributed by atoms with Crippen molar-refractivity contribution in [1.82, 2.24) is 4.57 Å². The molecule has 1 heterocycles. The van der Waals surface area contributed by atoms with Gasteiger partial charge in [0, 0.05) is 24.9 Å². The third-order valence-electron chi connectivity index (χ3n) is 4.53. The van der Waals surface area contributed by atoms with Gasteiger partial charge in [0.25, 0.3) is 5.91 Å². The van der Waals surface area contributed by atoms with Crippen LogP contribution in [0.1, 0.15) is 36.0 Å². The molecule has 3 rings (SSSR count). The Labute approximate surface area is 146 Å². The number of rotatable bonds is 4. The molecule has 1 amide bonds. The fourth-order valence-electron chi connectivity index (χ4n) is 3.06. The summed E-state index contributed by atoms with van der Waals surface area (Å²) in [5.74, 6) is -0.358. The summed E-state index contributed by atoms with van der Waals surface area (Å²) < 4.78 is 26.5. The highest BCUT2D eigenvalue weighted by Gasteiger charge is 2.30. The largest absolute Gasteiger partial charge is 0.321 e. The molecule has 1 aliphatic carbocycles. The van der Waals surface area contributed by atoms with Gasteiger partial charge in [0.2, 0.25) is 5.56 Å². The van der Waals surface area contributed by atoms with E-state index in [-0.39, 0.29) is 21.6 Å². The first kappa shape index (κ1) is 17.4. The Hall–Kier alpha value is -2.41. The SMILES string of the molecule is Cn1cc(NC(=O)c2ccc(S(=O)(=O)C3CCCC3)cc2)ccc1=O. The van der Waals surface area contributed by atoms with Crippen molar-refractivity contribution in [3.63, 3.8) is 0 Å². The van der Waals surface area contributed by atoms with Gasteiger partial charge in [-0.05, 0) is 43.2 Å². The highest BCUT2D eigenvalue weighted by Crippen LogP contribution is 2.29. The predicted molar refractivity (Wildman–Crippen MR) is 95.5 cm³/mol. The number of anilines is 1. The molecule has 1 saturated carbocycles. The van der Waals surface area contributed by atoms with E-state index in [9.17, 15) is 18.0 Å². The van der Waals surface area contributed by atoms with E-state index in [1.807, 2.05) is 0 Å². The number of aromatic nitrogens is 1. The molecule has 6 nitrogen and oxygen atoms in total. The molecule has 7 heteroatoms. The average Bonchev–Trinajstić information content (AvgIpc) is 3.14. The maximum atomic E-state index is 12.5. The van der Waals surface area contributed by atoms with Crippen LogP contribution in [0.4, 0.5) is 5.69 Å². The first-order valence-electron chi connectivity index (χ1n) is 8.20. The Morgan fingerprint density at radius 3 is 2.32 bits per heavy atom. The van der Waals surface area contributed by atoms with Crippen LogP contribution >= 0.6 is 0 Å². The van der Waals surface area contributed by atoms with Gasteiger partial charge in [0.15, 0.2) is 9.84 Å². The quantitative estimate of drug-likeness (QED) is 0.907. The maximum Gasteiger partial charge on any atom is 0.255 e. The van der Waals surface area contributed by atoms with Crippen LogP contribution in [0.2, 0.25) is 0 Å². The highest BCUT2D eigenvalue weighted by atomic mass is 32.2. The zero-order chi connectivity index (χ0) is 18.0. The van der Waals surface area contributed by atoms with Crippen molar-refractivity contribution in [3.8, 4) is 0 Å². The van der Waals surface area contributed by atoms with E-state index >= 15 is 0 Å². The smallest absolute Gasteiger partial charge is 0.255 e. The van der Waals surface area contributed by atoms with E-state index in [0.29, 0.717) is 24.1 Å². The number of carbonyl (C=O) groups excluding carboxylic acids is 1. The molecular formula is C18H20N2O4S. The molecule has 1 aromatic heterocycles. The molecule has 0 aliphatic heterocycles. The lowest BCUT2D eigenvalue weighted by Gasteiger charge is -2.12. The molecule has 1 aromatic carbocycles. The summed E-state index contributed by atoms with van der Waals surface area (Å²) in [6.07, 6.45) is 4.84. The maximum absolute atomic E-state index is 12.5. The number of hydrogen-bond acceptors (Lipinski definition) is 4. The number of sulfone groups is 1. The van der Waals surface area contributed by atoms with Gasteiger partial charge >= 0.3 is 0 Å². The minimum Gasteiger partial charge on any atom is -0.321 e. The Balaban J connectivity index is 1.76. The van der Waals surface area contributed by atoms with Crippen LogP contribution in [0.25, 0.3) is 0 Å². The van der Waals surface area contributed by atoms with Crippen molar-refractivity contribution in [3.05, 3.63) is 58.5 Å². The first-order chi connectivity index (χ1) is 11.9. The van der Waals surface area contributed by atoms with Crippen LogP contribution in [0, 0.1) is 0 Å². The lowest BCUT2D eigenvalue weighted by molar-refractivity contribution is 0.102. The summed E-state index contributed by atoms with van der Waals surface area (Å²) in [5.41, 5.74) is 0.688. The van der Waals surface area contributed by atoms with E-state index in [2.05, 4.69) is 5.32 Å². The van der Waals surface area contributed by atoms with Crippen LogP contribution in [0.3, 0.4) is 0 Å². The summed E-state index contributed by atoms with van der Waals surface area (Å²) in [6, 6.07) is 8.90. The Morgan fingerprint density at radius 1 is 1.08 bits per heavy atom. The predicted octanol–water partition coefficient (Wildman–Crippen LogP) is 2.35. The lowest BCUT2D eigenvalue weighted by atomic mass is 10.2. The van der Waals surface area contributed by atoms with Gasteiger partial charge in [-0.3, -0.25) is 9.59 Å². The Morgan fingerprint density at radius 2 is 1.72 bits per heavy atom. The standard InChI is InChI=1S/C18H20N2O4S/c1-20-12-14(8-11-17(20)21)19-18(22)13-6-9-16(10-7-13)25(23,24)15-4-2-3-5-15/h6-12,15H,2-5H2,1H3,(H,19,22). The van der Waals surface area contributed by atoms with Gasteiger partial charge in [0.05, 0.1) is 15.8 Å². The van der Waals surface area contributed by atoms with Gasteiger partial charge in [-0.2, -0.15) is 0 Å². The van der Waals surface area contributed by atoms with Gasteiger partial charge < -0.3 is 9.88 Å². The Bertz CT molecular complexity index is 940. The molecule has 0 atom stereocenters. The number of pyridine rings is 1. The van der Waals surface area contributed by atoms with Crippen molar-refractivity contribution >= 4 is 21.4 Å². The van der Waals surface area contributed by atoms with Crippen LogP contribution in [-0.2, 0) is 16.9 Å². The van der Waals surface area contributed by atoms with E-state index < -0.39 is 9.84 Å². The molecule has 1 N–H and O–H groups in total. The van der Waals surface area contributed by atoms with Gasteiger partial charge in [-0.1, -0.05) is 12.8 Å². The monoisotopic (exact) mass is 360 g/mol. The molecule has 0 saturated heterocycles. The molecule has 1 fully saturated rings. The van der Waals surface area contributed by atoms with E-state index in [1.54, 1.807) is 7.05 Å². The van der Waals surface area contributed by atoms with Crippen LogP contribution in [0.15, 0.2) is 52.3 Å². The minimum atomic E-state index is -3.32. The normalized spacial score (nSPS) is 15.2. The molecule has 0 radical (unpaired) electrons. The van der Waals surface area contributed by atoms with Crippen molar-refractivity contribution in [2.45, 2.75) is 35.8 Å². The third kappa shape index (κ3) is 3.66. The number of nitrogens with zero attached hydrogens (tertiary/aromatic N) is 1. The summed E-state index contributed by atoms with van der Waals surface area (Å²) in [5, 5.41) is 2.38. The Kier molecular flexibility index (Phi) is 4.76. The van der Waals surface area contributed by atoms with Crippen LogP contribution in [0.5, 0.6) is 0 Å². The van der Waals surface area contributed by atoms with Crippen molar-refractivity contribution in [1.29, 1.82) is 0 Å². The van der Waals surface area contributed by atoms with Crippen LogP contribution < -0.4 is 10.9 Å². The molecular weight excluding hydrogens is 340 g/mol. The zero-order valence-electron chi connectivity index (χ0n) is 13.9. The number of hydrogen-bond donors (Lipinski definition) is 1. The lowest BCUT2D eigenvalue weighted by Crippen LogP contribution is -2.19. The average molecular weight is 360 g/mol. The molecule has 2 aromatic rings. The highest BCUT2D eigenvalue weighted by molar-refractivity contribution is 7.92. The second-order valence-electron chi connectivity index (χ2n) is 6.30. The van der Waals surface area contributed by atoms with E-state index in [1.165, 1.54) is 47.2 Å². The second-order valence-corrected chi connectivity index (χ2v) is 8.52. The summed E-state index contributed by atoms with van der Waals surface area (Å²) >= 11 is 0. The molecule has 0 unspecified atom stereocenters. The summed E-state index contributed by atoms with van der Waals surface area (Å²) in [4.78, 5) is 23.9. The van der Waals surface area contributed by atoms with Crippen molar-refractivity contribution in [2.75, 3.05) is 5.32 Å². The molecule has 0 spiro atoms. The summed E-state index contributed by atoms with van der Waals surface area (Å²) in [7, 11) is -1.72. The first-order valence-corrected chi connectivity index (χ1v) is 9.74. The fourth-order valence-corrected chi connectivity index (χ4v) is 4.91. The third-order valence-corrected chi connectivity index (χ3v) is 6.81.